The highest BCUT2D eigenvalue weighted by Gasteiger charge is 2.43. The van der Waals surface area contributed by atoms with E-state index in [9.17, 15) is 9.90 Å². The van der Waals surface area contributed by atoms with Crippen LogP contribution in [-0.2, 0) is 18.3 Å². The SMILES string of the molecule is CC[C@@H](CO)NC(=O)[C@@H]1C[C@@H]2c3cccc4c3c(c(C3=CC3)n4C)C[C@H]2N(C)C1. The molecule has 5 nitrogen and oxygen atoms in total. The van der Waals surface area contributed by atoms with Crippen LogP contribution in [0.2, 0.25) is 0 Å². The Kier molecular flexibility index (Phi) is 4.56. The fraction of sp³-hybridized carbons (Fsp3) is 0.542. The van der Waals surface area contributed by atoms with Gasteiger partial charge in [0.25, 0.3) is 0 Å². The van der Waals surface area contributed by atoms with Crippen molar-refractivity contribution >= 4 is 22.4 Å². The Morgan fingerprint density at radius 1 is 1.34 bits per heavy atom. The maximum absolute atomic E-state index is 12.9. The zero-order valence-electron chi connectivity index (χ0n) is 17.6. The van der Waals surface area contributed by atoms with Gasteiger partial charge in [-0.15, -0.1) is 0 Å². The van der Waals surface area contributed by atoms with Crippen molar-refractivity contribution in [2.24, 2.45) is 13.0 Å². The Balaban J connectivity index is 1.52. The minimum absolute atomic E-state index is 0.00215. The molecule has 1 aliphatic heterocycles. The molecule has 29 heavy (non-hydrogen) atoms. The third kappa shape index (κ3) is 2.94. The van der Waals surface area contributed by atoms with Crippen molar-refractivity contribution in [2.75, 3.05) is 20.2 Å². The molecule has 5 heteroatoms. The summed E-state index contributed by atoms with van der Waals surface area (Å²) in [6.07, 6.45) is 6.13. The molecule has 1 saturated heterocycles. The standard InChI is InChI=1S/C24H31N3O2/c1-4-16(13-28)25-24(29)15-10-18-17-6-5-7-20-22(17)19(11-21(18)26(2)12-15)23(27(20)3)14-8-9-14/h5-8,15-16,18,21,28H,4,9-13H2,1-3H3,(H,25,29)/t15-,16+,18-,21-/m1/s1. The number of aliphatic hydroxyl groups is 1. The number of likely N-dealkylation sites (N-methyl/N-ethyl adjacent to an activating group) is 1. The highest BCUT2D eigenvalue weighted by molar-refractivity contribution is 5.96. The fourth-order valence-electron chi connectivity index (χ4n) is 5.72. The lowest BCUT2D eigenvalue weighted by molar-refractivity contribution is -0.128. The van der Waals surface area contributed by atoms with Crippen LogP contribution >= 0.6 is 0 Å². The quantitative estimate of drug-likeness (QED) is 0.821. The number of aromatic nitrogens is 1. The number of amides is 1. The summed E-state index contributed by atoms with van der Waals surface area (Å²) in [5, 5.41) is 14.0. The Labute approximate surface area is 172 Å². The van der Waals surface area contributed by atoms with Crippen molar-refractivity contribution in [1.82, 2.24) is 14.8 Å². The normalized spacial score (nSPS) is 26.8. The molecule has 0 radical (unpaired) electrons. The lowest BCUT2D eigenvalue weighted by Gasteiger charge is -2.45. The lowest BCUT2D eigenvalue weighted by Crippen LogP contribution is -2.52. The molecule has 1 aromatic heterocycles. The summed E-state index contributed by atoms with van der Waals surface area (Å²) < 4.78 is 2.38. The van der Waals surface area contributed by atoms with Crippen LogP contribution in [0.1, 0.15) is 48.9 Å². The second-order valence-electron chi connectivity index (χ2n) is 9.11. The number of aryl methyl sites for hydroxylation is 1. The van der Waals surface area contributed by atoms with E-state index < -0.39 is 0 Å². The number of nitrogens with one attached hydrogen (secondary N) is 1. The third-order valence-corrected chi connectivity index (χ3v) is 7.39. The van der Waals surface area contributed by atoms with Crippen LogP contribution in [0.15, 0.2) is 24.3 Å². The summed E-state index contributed by atoms with van der Waals surface area (Å²) >= 11 is 0. The zero-order valence-corrected chi connectivity index (χ0v) is 17.6. The molecule has 4 atom stereocenters. The summed E-state index contributed by atoms with van der Waals surface area (Å²) in [6.45, 7) is 2.78. The van der Waals surface area contributed by atoms with Gasteiger partial charge in [0.2, 0.25) is 5.91 Å². The smallest absolute Gasteiger partial charge is 0.224 e. The van der Waals surface area contributed by atoms with E-state index in [0.717, 1.165) is 32.2 Å². The van der Waals surface area contributed by atoms with E-state index in [0.29, 0.717) is 12.0 Å². The molecule has 0 spiro atoms. The van der Waals surface area contributed by atoms with E-state index >= 15 is 0 Å². The van der Waals surface area contributed by atoms with Crippen LogP contribution in [0.3, 0.4) is 0 Å². The number of hydrogen-bond donors (Lipinski definition) is 2. The van der Waals surface area contributed by atoms with Gasteiger partial charge in [-0.1, -0.05) is 25.1 Å². The van der Waals surface area contributed by atoms with Gasteiger partial charge in [0.05, 0.1) is 18.6 Å². The number of likely N-dealkylation sites (tertiary alicyclic amines) is 1. The first-order valence-electron chi connectivity index (χ1n) is 10.9. The van der Waals surface area contributed by atoms with E-state index in [1.807, 2.05) is 6.92 Å². The number of allylic oxidation sites excluding steroid dienone is 2. The molecule has 2 heterocycles. The number of nitrogens with zero attached hydrogens (tertiary/aromatic N) is 2. The molecule has 2 aromatic rings. The first-order valence-corrected chi connectivity index (χ1v) is 10.9. The van der Waals surface area contributed by atoms with Crippen LogP contribution in [0, 0.1) is 5.92 Å². The molecule has 1 amide bonds. The first-order chi connectivity index (χ1) is 14.0. The molecule has 154 valence electrons. The van der Waals surface area contributed by atoms with Gasteiger partial charge in [-0.2, -0.15) is 0 Å². The van der Waals surface area contributed by atoms with E-state index in [4.69, 9.17) is 0 Å². The van der Waals surface area contributed by atoms with E-state index in [2.05, 4.69) is 53.2 Å². The average Bonchev–Trinajstić information content (AvgIpc) is 3.52. The summed E-state index contributed by atoms with van der Waals surface area (Å²) in [5.41, 5.74) is 7.14. The van der Waals surface area contributed by atoms with Gasteiger partial charge in [-0.05, 0) is 55.5 Å². The maximum Gasteiger partial charge on any atom is 0.224 e. The average molecular weight is 394 g/mol. The van der Waals surface area contributed by atoms with Gasteiger partial charge in [-0.25, -0.2) is 0 Å². The molecular formula is C24H31N3O2. The Morgan fingerprint density at radius 2 is 2.14 bits per heavy atom. The summed E-state index contributed by atoms with van der Waals surface area (Å²) in [6, 6.07) is 6.99. The lowest BCUT2D eigenvalue weighted by atomic mass is 9.72. The third-order valence-electron chi connectivity index (χ3n) is 7.39. The molecule has 1 fully saturated rings. The molecule has 2 aliphatic carbocycles. The number of piperidine rings is 1. The molecule has 5 rings (SSSR count). The first kappa shape index (κ1) is 18.9. The van der Waals surface area contributed by atoms with Crippen LogP contribution in [0.25, 0.3) is 16.5 Å². The minimum atomic E-state index is -0.143. The van der Waals surface area contributed by atoms with Crippen molar-refractivity contribution < 1.29 is 9.90 Å². The summed E-state index contributed by atoms with van der Waals surface area (Å²) in [5.74, 6) is 0.428. The fourth-order valence-corrected chi connectivity index (χ4v) is 5.72. The second kappa shape index (κ2) is 6.99. The van der Waals surface area contributed by atoms with Gasteiger partial charge < -0.3 is 19.9 Å². The Hall–Kier alpha value is -2.11. The summed E-state index contributed by atoms with van der Waals surface area (Å²) in [7, 11) is 4.36. The highest BCUT2D eigenvalue weighted by Crippen LogP contribution is 2.48. The van der Waals surface area contributed by atoms with Crippen molar-refractivity contribution in [1.29, 1.82) is 0 Å². The maximum atomic E-state index is 12.9. The van der Waals surface area contributed by atoms with Crippen LogP contribution in [-0.4, -0.2) is 52.8 Å². The van der Waals surface area contributed by atoms with E-state index in [-0.39, 0.29) is 24.5 Å². The molecular weight excluding hydrogens is 362 g/mol. The van der Waals surface area contributed by atoms with Gasteiger partial charge >= 0.3 is 0 Å². The molecule has 3 aliphatic rings. The monoisotopic (exact) mass is 393 g/mol. The molecule has 0 unspecified atom stereocenters. The minimum Gasteiger partial charge on any atom is -0.394 e. The van der Waals surface area contributed by atoms with Gasteiger partial charge in [0, 0.05) is 42.1 Å². The topological polar surface area (TPSA) is 57.5 Å². The number of rotatable bonds is 5. The van der Waals surface area contributed by atoms with Crippen molar-refractivity contribution in [3.8, 4) is 0 Å². The van der Waals surface area contributed by atoms with Crippen LogP contribution < -0.4 is 5.32 Å². The van der Waals surface area contributed by atoms with E-state index in [1.165, 1.54) is 33.3 Å². The van der Waals surface area contributed by atoms with Crippen molar-refractivity contribution in [3.05, 3.63) is 41.1 Å². The number of aliphatic hydroxyl groups excluding tert-OH is 1. The van der Waals surface area contributed by atoms with Gasteiger partial charge in [-0.3, -0.25) is 4.79 Å². The number of carbonyl (C=O) groups is 1. The van der Waals surface area contributed by atoms with Gasteiger partial charge in [0.1, 0.15) is 0 Å². The second-order valence-corrected chi connectivity index (χ2v) is 9.11. The predicted octanol–water partition coefficient (Wildman–Crippen LogP) is 2.81. The predicted molar refractivity (Wildman–Crippen MR) is 116 cm³/mol. The highest BCUT2D eigenvalue weighted by atomic mass is 16.3. The van der Waals surface area contributed by atoms with Crippen LogP contribution in [0.4, 0.5) is 0 Å². The number of hydrogen-bond acceptors (Lipinski definition) is 3. The number of carbonyl (C=O) groups excluding carboxylic acids is 1. The molecule has 0 bridgehead atoms. The Bertz CT molecular complexity index is 1000. The number of fused-ring (bicyclic) bond motifs is 2. The zero-order chi connectivity index (χ0) is 20.3. The molecule has 2 N–H and O–H groups in total. The van der Waals surface area contributed by atoms with Crippen molar-refractivity contribution in [2.45, 2.75) is 50.6 Å². The van der Waals surface area contributed by atoms with Crippen molar-refractivity contribution in [3.63, 3.8) is 0 Å². The largest absolute Gasteiger partial charge is 0.394 e. The van der Waals surface area contributed by atoms with Crippen LogP contribution in [0.5, 0.6) is 0 Å². The van der Waals surface area contributed by atoms with Gasteiger partial charge in [0.15, 0.2) is 0 Å². The molecule has 1 aromatic carbocycles. The Morgan fingerprint density at radius 3 is 2.83 bits per heavy atom. The summed E-state index contributed by atoms with van der Waals surface area (Å²) in [4.78, 5) is 15.3. The number of benzene rings is 1. The molecule has 0 saturated carbocycles. The van der Waals surface area contributed by atoms with E-state index in [1.54, 1.807) is 0 Å².